The first kappa shape index (κ1) is 20.3. The van der Waals surface area contributed by atoms with E-state index >= 15 is 0 Å². The molecule has 2 aliphatic carbocycles. The molecule has 2 saturated carbocycles. The Bertz CT molecular complexity index is 971. The molecule has 7 heteroatoms. The lowest BCUT2D eigenvalue weighted by molar-refractivity contribution is -0.135. The van der Waals surface area contributed by atoms with Gasteiger partial charge in [0.15, 0.2) is 0 Å². The number of methoxy groups -OCH3 is 1. The molecule has 30 heavy (non-hydrogen) atoms. The summed E-state index contributed by atoms with van der Waals surface area (Å²) in [4.78, 5) is 17.3. The molecule has 2 fully saturated rings. The van der Waals surface area contributed by atoms with Crippen LogP contribution < -0.4 is 5.73 Å². The molecule has 7 nitrogen and oxygen atoms in total. The molecule has 2 unspecified atom stereocenters. The molecule has 4 rings (SSSR count). The van der Waals surface area contributed by atoms with Gasteiger partial charge in [-0.25, -0.2) is 4.79 Å². The summed E-state index contributed by atoms with van der Waals surface area (Å²) in [5.41, 5.74) is 9.90. The summed E-state index contributed by atoms with van der Waals surface area (Å²) >= 11 is 0. The normalized spacial score (nSPS) is 22.7. The predicted octanol–water partition coefficient (Wildman–Crippen LogP) is 3.75. The van der Waals surface area contributed by atoms with Crippen LogP contribution in [0.2, 0.25) is 0 Å². The number of hydrogen-bond acceptors (Lipinski definition) is 6. The van der Waals surface area contributed by atoms with Crippen LogP contribution >= 0.6 is 0 Å². The molecule has 0 radical (unpaired) electrons. The molecule has 2 atom stereocenters. The van der Waals surface area contributed by atoms with Crippen molar-refractivity contribution in [1.29, 1.82) is 0 Å². The van der Waals surface area contributed by atoms with Crippen LogP contribution in [0.4, 0.5) is 5.69 Å². The minimum atomic E-state index is -0.468. The van der Waals surface area contributed by atoms with Gasteiger partial charge in [0, 0.05) is 31.3 Å². The maximum absolute atomic E-state index is 12.4. The summed E-state index contributed by atoms with van der Waals surface area (Å²) in [5.74, 6) is 0.368. The largest absolute Gasteiger partial charge is 0.465 e. The van der Waals surface area contributed by atoms with E-state index in [1.54, 1.807) is 4.68 Å². The van der Waals surface area contributed by atoms with Crippen LogP contribution in [-0.4, -0.2) is 33.8 Å². The lowest BCUT2D eigenvalue weighted by atomic mass is 9.84. The van der Waals surface area contributed by atoms with Crippen molar-refractivity contribution >= 4 is 17.4 Å². The quantitative estimate of drug-likeness (QED) is 0.447. The van der Waals surface area contributed by atoms with Gasteiger partial charge >= 0.3 is 5.97 Å². The minimum absolute atomic E-state index is 0.0638. The molecule has 158 valence electrons. The van der Waals surface area contributed by atoms with Crippen LogP contribution in [-0.2, 0) is 16.6 Å². The average Bonchev–Trinajstić information content (AvgIpc) is 3.46. The van der Waals surface area contributed by atoms with Crippen LogP contribution in [0.15, 0.2) is 47.2 Å². The molecular formula is C23H29N5O2. The molecular weight excluding hydrogens is 378 g/mol. The summed E-state index contributed by atoms with van der Waals surface area (Å²) in [6.45, 7) is 0. The molecule has 1 aromatic heterocycles. The van der Waals surface area contributed by atoms with Crippen molar-refractivity contribution < 1.29 is 9.53 Å². The van der Waals surface area contributed by atoms with Crippen molar-refractivity contribution in [2.24, 2.45) is 23.7 Å². The Hall–Kier alpha value is -2.96. The SMILES string of the molecule is COC(=O)C(=CN)C(=Nc1cccc(C2CCCCC2)c1)C1CC1c1cn(C)nn1. The molecule has 2 aromatic rings. The maximum atomic E-state index is 12.4. The highest BCUT2D eigenvalue weighted by atomic mass is 16.5. The first-order valence-corrected chi connectivity index (χ1v) is 10.7. The third-order valence-corrected chi connectivity index (χ3v) is 6.19. The summed E-state index contributed by atoms with van der Waals surface area (Å²) in [7, 11) is 3.21. The van der Waals surface area contributed by atoms with E-state index in [4.69, 9.17) is 15.5 Å². The van der Waals surface area contributed by atoms with E-state index in [1.165, 1.54) is 51.0 Å². The third kappa shape index (κ3) is 4.30. The van der Waals surface area contributed by atoms with E-state index in [9.17, 15) is 4.79 Å². The Kier molecular flexibility index (Phi) is 5.97. The molecule has 0 amide bonds. The number of carbonyl (C=O) groups is 1. The summed E-state index contributed by atoms with van der Waals surface area (Å²) in [6.07, 6.45) is 10.4. The number of esters is 1. The van der Waals surface area contributed by atoms with Crippen molar-refractivity contribution in [3.05, 3.63) is 53.5 Å². The van der Waals surface area contributed by atoms with Gasteiger partial charge in [-0.3, -0.25) is 9.67 Å². The molecule has 1 aromatic carbocycles. The Balaban J connectivity index is 1.66. The number of aliphatic imine (C=N–C) groups is 1. The Morgan fingerprint density at radius 3 is 2.77 bits per heavy atom. The van der Waals surface area contributed by atoms with Gasteiger partial charge in [0.1, 0.15) is 0 Å². The second kappa shape index (κ2) is 8.81. The van der Waals surface area contributed by atoms with Crippen LogP contribution in [0.1, 0.15) is 61.6 Å². The number of hydrogen-bond donors (Lipinski definition) is 1. The van der Waals surface area contributed by atoms with E-state index in [2.05, 4.69) is 28.5 Å². The number of ether oxygens (including phenoxy) is 1. The lowest BCUT2D eigenvalue weighted by Gasteiger charge is -2.22. The topological polar surface area (TPSA) is 95.4 Å². The Labute approximate surface area is 177 Å². The van der Waals surface area contributed by atoms with Gasteiger partial charge < -0.3 is 10.5 Å². The van der Waals surface area contributed by atoms with Crippen molar-refractivity contribution in [2.75, 3.05) is 7.11 Å². The zero-order valence-corrected chi connectivity index (χ0v) is 17.6. The fourth-order valence-electron chi connectivity index (χ4n) is 4.49. The molecule has 1 heterocycles. The van der Waals surface area contributed by atoms with Crippen molar-refractivity contribution in [2.45, 2.75) is 50.4 Å². The first-order chi connectivity index (χ1) is 14.6. The van der Waals surface area contributed by atoms with Crippen molar-refractivity contribution in [3.8, 4) is 0 Å². The van der Waals surface area contributed by atoms with Gasteiger partial charge in [0.2, 0.25) is 0 Å². The van der Waals surface area contributed by atoms with Gasteiger partial charge in [0.25, 0.3) is 0 Å². The van der Waals surface area contributed by atoms with Crippen molar-refractivity contribution in [1.82, 2.24) is 15.0 Å². The third-order valence-electron chi connectivity index (χ3n) is 6.19. The second-order valence-corrected chi connectivity index (χ2v) is 8.26. The highest BCUT2D eigenvalue weighted by Gasteiger charge is 2.46. The highest BCUT2D eigenvalue weighted by molar-refractivity contribution is 6.22. The summed E-state index contributed by atoms with van der Waals surface area (Å²) < 4.78 is 6.65. The van der Waals surface area contributed by atoms with Gasteiger partial charge in [0.05, 0.1) is 29.8 Å². The van der Waals surface area contributed by atoms with Crippen LogP contribution in [0.3, 0.4) is 0 Å². The number of rotatable bonds is 6. The first-order valence-electron chi connectivity index (χ1n) is 10.7. The number of aryl methyl sites for hydroxylation is 1. The Morgan fingerprint density at radius 1 is 1.30 bits per heavy atom. The van der Waals surface area contributed by atoms with Gasteiger partial charge in [-0.2, -0.15) is 0 Å². The van der Waals surface area contributed by atoms with Gasteiger partial charge in [-0.15, -0.1) is 5.10 Å². The molecule has 0 aliphatic heterocycles. The average molecular weight is 408 g/mol. The van der Waals surface area contributed by atoms with E-state index < -0.39 is 5.97 Å². The number of aromatic nitrogens is 3. The summed E-state index contributed by atoms with van der Waals surface area (Å²) in [5, 5.41) is 8.27. The zero-order chi connectivity index (χ0) is 21.1. The number of benzene rings is 1. The standard InChI is InChI=1S/C23H29N5O2/c1-28-14-21(26-27-28)18-12-19(18)22(20(13-24)23(29)30-2)25-17-10-6-9-16(11-17)15-7-4-3-5-8-15/h6,9-11,13-15,18-19H,3-5,7-8,12,24H2,1-2H3. The Morgan fingerprint density at radius 2 is 2.10 bits per heavy atom. The van der Waals surface area contributed by atoms with Crippen LogP contribution in [0.25, 0.3) is 0 Å². The number of carbonyl (C=O) groups excluding carboxylic acids is 1. The van der Waals surface area contributed by atoms with E-state index in [0.717, 1.165) is 17.8 Å². The smallest absolute Gasteiger partial charge is 0.341 e. The zero-order valence-electron chi connectivity index (χ0n) is 17.6. The van der Waals surface area contributed by atoms with Crippen LogP contribution in [0.5, 0.6) is 0 Å². The van der Waals surface area contributed by atoms with E-state index in [-0.39, 0.29) is 11.8 Å². The summed E-state index contributed by atoms with van der Waals surface area (Å²) in [6, 6.07) is 8.38. The molecule has 2 N–H and O–H groups in total. The van der Waals surface area contributed by atoms with Gasteiger partial charge in [-0.1, -0.05) is 36.6 Å². The fraction of sp³-hybridized carbons (Fsp3) is 0.478. The highest BCUT2D eigenvalue weighted by Crippen LogP contribution is 2.49. The number of nitrogens with zero attached hydrogens (tertiary/aromatic N) is 4. The molecule has 0 bridgehead atoms. The van der Waals surface area contributed by atoms with E-state index in [0.29, 0.717) is 17.2 Å². The molecule has 2 aliphatic rings. The molecule has 0 spiro atoms. The predicted molar refractivity (Wildman–Crippen MR) is 116 cm³/mol. The van der Waals surface area contributed by atoms with Crippen molar-refractivity contribution in [3.63, 3.8) is 0 Å². The monoisotopic (exact) mass is 407 g/mol. The lowest BCUT2D eigenvalue weighted by Crippen LogP contribution is -2.18. The fourth-order valence-corrected chi connectivity index (χ4v) is 4.49. The second-order valence-electron chi connectivity index (χ2n) is 8.26. The minimum Gasteiger partial charge on any atom is -0.465 e. The van der Waals surface area contributed by atoms with Gasteiger partial charge in [-0.05, 0) is 42.9 Å². The van der Waals surface area contributed by atoms with E-state index in [1.807, 2.05) is 19.3 Å². The number of nitrogens with two attached hydrogens (primary N) is 1. The molecule has 0 saturated heterocycles. The maximum Gasteiger partial charge on any atom is 0.341 e. The van der Waals surface area contributed by atoms with Crippen LogP contribution in [0, 0.1) is 5.92 Å².